The molecule has 1 radical (unpaired) electrons. The first-order valence-corrected chi connectivity index (χ1v) is 7.41. The fourth-order valence-electron chi connectivity index (χ4n) is 2.50. The van der Waals surface area contributed by atoms with Gasteiger partial charge in [0.25, 0.3) is 0 Å². The van der Waals surface area contributed by atoms with E-state index in [2.05, 4.69) is 41.5 Å². The fraction of sp³-hybridized carbons (Fsp3) is 1.00. The molecular weight excluding hydrogens is 164 g/mol. The third-order valence-electron chi connectivity index (χ3n) is 3.47. The molecule has 0 saturated heterocycles. The topological polar surface area (TPSA) is 19.9 Å². The highest BCUT2D eigenvalue weighted by Gasteiger charge is 2.42. The monoisotopic (exact) mass is 187 g/mol. The Hall–Kier alpha value is 0.177. The Morgan fingerprint density at radius 2 is 1.08 bits per heavy atom. The van der Waals surface area contributed by atoms with Crippen molar-refractivity contribution in [3.63, 3.8) is 0 Å². The van der Waals surface area contributed by atoms with Crippen LogP contribution in [0, 0.1) is 0 Å². The molecule has 0 heterocycles. The van der Waals surface area contributed by atoms with Crippen molar-refractivity contribution in [1.29, 1.82) is 0 Å². The largest absolute Gasteiger partial charge is 0.240 e. The average Bonchev–Trinajstić information content (AvgIpc) is 1.86. The molecule has 0 spiro atoms. The molecule has 0 rings (SSSR count). The van der Waals surface area contributed by atoms with Gasteiger partial charge in [0.05, 0.1) is 14.3 Å². The van der Waals surface area contributed by atoms with E-state index in [4.69, 9.17) is 0 Å². The maximum absolute atomic E-state index is 11.3. The van der Waals surface area contributed by atoms with E-state index in [1.807, 2.05) is 0 Å². The van der Waals surface area contributed by atoms with Gasteiger partial charge in [-0.3, -0.25) is 0 Å². The lowest BCUT2D eigenvalue weighted by molar-refractivity contribution is 0.240. The lowest BCUT2D eigenvalue weighted by Crippen LogP contribution is -2.48. The molecule has 0 aromatic rings. The van der Waals surface area contributed by atoms with Crippen LogP contribution in [0.25, 0.3) is 0 Å². The van der Waals surface area contributed by atoms with Crippen LogP contribution in [0.5, 0.6) is 0 Å². The number of hydrogen-bond acceptors (Lipinski definition) is 0. The van der Waals surface area contributed by atoms with Gasteiger partial charge in [-0.15, -0.1) is 0 Å². The predicted molar refractivity (Wildman–Crippen MR) is 56.6 cm³/mol. The molecule has 0 amide bonds. The highest BCUT2D eigenvalue weighted by Crippen LogP contribution is 2.40. The molecule has 0 bridgehead atoms. The molecule has 0 saturated carbocycles. The van der Waals surface area contributed by atoms with E-state index < -0.39 is 8.07 Å². The highest BCUT2D eigenvalue weighted by atomic mass is 28.3. The SMILES string of the molecule is CC(C)[Si](C[O])(C(C)C)C(C)C. The maximum atomic E-state index is 11.3. The van der Waals surface area contributed by atoms with Gasteiger partial charge in [-0.2, -0.15) is 0 Å². The van der Waals surface area contributed by atoms with Gasteiger partial charge in [0.2, 0.25) is 0 Å². The van der Waals surface area contributed by atoms with Crippen molar-refractivity contribution in [2.24, 2.45) is 0 Å². The summed E-state index contributed by atoms with van der Waals surface area (Å²) in [6.45, 7) is 13.4. The molecule has 0 aromatic carbocycles. The Morgan fingerprint density at radius 1 is 0.833 bits per heavy atom. The first-order valence-electron chi connectivity index (χ1n) is 4.97. The van der Waals surface area contributed by atoms with Crippen LogP contribution < -0.4 is 0 Å². The van der Waals surface area contributed by atoms with Gasteiger partial charge in [-0.25, -0.2) is 5.11 Å². The van der Waals surface area contributed by atoms with Gasteiger partial charge in [-0.1, -0.05) is 41.5 Å². The van der Waals surface area contributed by atoms with Crippen LogP contribution in [0.2, 0.25) is 16.6 Å². The summed E-state index contributed by atoms with van der Waals surface area (Å²) in [5, 5.41) is 11.3. The molecule has 0 atom stereocenters. The van der Waals surface area contributed by atoms with Crippen LogP contribution in [-0.4, -0.2) is 14.3 Å². The minimum Gasteiger partial charge on any atom is -0.240 e. The Balaban J connectivity index is 4.77. The summed E-state index contributed by atoms with van der Waals surface area (Å²) in [7, 11) is -1.56. The van der Waals surface area contributed by atoms with Crippen molar-refractivity contribution in [3.8, 4) is 0 Å². The molecular formula is C10H23OSi. The van der Waals surface area contributed by atoms with E-state index in [9.17, 15) is 5.11 Å². The van der Waals surface area contributed by atoms with E-state index in [0.717, 1.165) is 0 Å². The molecule has 12 heavy (non-hydrogen) atoms. The molecule has 0 unspecified atom stereocenters. The molecule has 1 nitrogen and oxygen atoms in total. The van der Waals surface area contributed by atoms with E-state index in [1.54, 1.807) is 0 Å². The first-order chi connectivity index (χ1) is 5.39. The summed E-state index contributed by atoms with van der Waals surface area (Å²) in [5.74, 6) is 0. The normalized spacial score (nSPS) is 13.5. The van der Waals surface area contributed by atoms with E-state index in [0.29, 0.717) is 16.6 Å². The Morgan fingerprint density at radius 3 is 1.08 bits per heavy atom. The van der Waals surface area contributed by atoms with Crippen LogP contribution in [0.15, 0.2) is 0 Å². The van der Waals surface area contributed by atoms with E-state index in [-0.39, 0.29) is 6.23 Å². The zero-order chi connectivity index (χ0) is 9.94. The highest BCUT2D eigenvalue weighted by molar-refractivity contribution is 6.83. The quantitative estimate of drug-likeness (QED) is 0.599. The molecule has 0 aliphatic heterocycles. The first kappa shape index (κ1) is 12.2. The zero-order valence-electron chi connectivity index (χ0n) is 9.35. The molecule has 0 aliphatic rings. The van der Waals surface area contributed by atoms with Crippen LogP contribution in [0.1, 0.15) is 41.5 Å². The van der Waals surface area contributed by atoms with Gasteiger partial charge in [0.15, 0.2) is 0 Å². The van der Waals surface area contributed by atoms with Crippen molar-refractivity contribution in [2.75, 3.05) is 6.23 Å². The lowest BCUT2D eigenvalue weighted by Gasteiger charge is -2.40. The fourth-order valence-corrected chi connectivity index (χ4v) is 7.50. The van der Waals surface area contributed by atoms with Crippen molar-refractivity contribution in [1.82, 2.24) is 0 Å². The Kier molecular flexibility index (Phi) is 4.49. The summed E-state index contributed by atoms with van der Waals surface area (Å²) in [6, 6.07) is 0. The summed E-state index contributed by atoms with van der Waals surface area (Å²) >= 11 is 0. The molecule has 0 N–H and O–H groups in total. The van der Waals surface area contributed by atoms with Crippen LogP contribution in [-0.2, 0) is 5.11 Å². The van der Waals surface area contributed by atoms with Gasteiger partial charge in [0, 0.05) is 0 Å². The van der Waals surface area contributed by atoms with Crippen LogP contribution in [0.4, 0.5) is 0 Å². The van der Waals surface area contributed by atoms with Gasteiger partial charge in [0.1, 0.15) is 0 Å². The third-order valence-corrected chi connectivity index (χ3v) is 10.4. The smallest absolute Gasteiger partial charge is 0.0954 e. The van der Waals surface area contributed by atoms with Gasteiger partial charge >= 0.3 is 0 Å². The molecule has 0 aromatic heterocycles. The second-order valence-electron chi connectivity index (χ2n) is 4.72. The lowest BCUT2D eigenvalue weighted by atomic mass is 10.5. The van der Waals surface area contributed by atoms with Gasteiger partial charge < -0.3 is 0 Å². The molecule has 73 valence electrons. The molecule has 0 fully saturated rings. The van der Waals surface area contributed by atoms with Crippen LogP contribution in [0.3, 0.4) is 0 Å². The van der Waals surface area contributed by atoms with E-state index >= 15 is 0 Å². The standard InChI is InChI=1S/C10H23OSi/c1-8(2)12(7-11,9(3)4)10(5)6/h8-10H,7H2,1-6H3. The Bertz CT molecular complexity index is 108. The van der Waals surface area contributed by atoms with Crippen molar-refractivity contribution < 1.29 is 5.11 Å². The third kappa shape index (κ3) is 1.91. The van der Waals surface area contributed by atoms with Crippen molar-refractivity contribution >= 4 is 8.07 Å². The summed E-state index contributed by atoms with van der Waals surface area (Å²) < 4.78 is 0. The minimum absolute atomic E-state index is 0.194. The summed E-state index contributed by atoms with van der Waals surface area (Å²) in [5.41, 5.74) is 1.86. The molecule has 0 aliphatic carbocycles. The van der Waals surface area contributed by atoms with Gasteiger partial charge in [-0.05, 0) is 16.6 Å². The zero-order valence-corrected chi connectivity index (χ0v) is 10.3. The second kappa shape index (κ2) is 4.42. The maximum Gasteiger partial charge on any atom is 0.0954 e. The molecule has 2 heteroatoms. The minimum atomic E-state index is -1.56. The summed E-state index contributed by atoms with van der Waals surface area (Å²) in [4.78, 5) is 0. The predicted octanol–water partition coefficient (Wildman–Crippen LogP) is 3.63. The summed E-state index contributed by atoms with van der Waals surface area (Å²) in [6.07, 6.45) is 0.194. The second-order valence-corrected chi connectivity index (χ2v) is 10.7. The Labute approximate surface area is 78.2 Å². The average molecular weight is 187 g/mol. The van der Waals surface area contributed by atoms with Crippen molar-refractivity contribution in [2.45, 2.75) is 58.2 Å². The number of rotatable bonds is 4. The number of hydrogen-bond donors (Lipinski definition) is 0. The van der Waals surface area contributed by atoms with Crippen LogP contribution >= 0.6 is 0 Å². The van der Waals surface area contributed by atoms with Crippen molar-refractivity contribution in [3.05, 3.63) is 0 Å². The van der Waals surface area contributed by atoms with E-state index in [1.165, 1.54) is 0 Å².